The highest BCUT2D eigenvalue weighted by Crippen LogP contribution is 2.24. The Bertz CT molecular complexity index is 668. The summed E-state index contributed by atoms with van der Waals surface area (Å²) in [6, 6.07) is 7.76. The largest absolute Gasteiger partial charge is 0.476 e. The number of carboxylic acid groups (broad SMARTS) is 1. The van der Waals surface area contributed by atoms with Gasteiger partial charge in [0.05, 0.1) is 10.2 Å². The first-order chi connectivity index (χ1) is 8.24. The maximum Gasteiger partial charge on any atom is 0.356 e. The fraction of sp³-hybridized carbons (Fsp3) is 0. The van der Waals surface area contributed by atoms with Crippen molar-refractivity contribution in [3.63, 3.8) is 0 Å². The lowest BCUT2D eigenvalue weighted by atomic mass is 10.3. The van der Waals surface area contributed by atoms with E-state index in [1.54, 1.807) is 4.57 Å². The molecule has 0 unspecified atom stereocenters. The summed E-state index contributed by atoms with van der Waals surface area (Å²) in [5, 5.41) is 9.51. The summed E-state index contributed by atoms with van der Waals surface area (Å²) in [7, 11) is 0. The Kier molecular flexibility index (Phi) is 2.15. The van der Waals surface area contributed by atoms with Gasteiger partial charge in [0.1, 0.15) is 6.33 Å². The standard InChI is InChI=1S/C11H7N3O2S/c15-10(16)8-5-14(6-12-8)11-13-7-3-1-2-4-9(7)17-11/h1-6H,(H,15,16). The first-order valence-electron chi connectivity index (χ1n) is 4.87. The van der Waals surface area contributed by atoms with Crippen LogP contribution in [0.15, 0.2) is 36.8 Å². The van der Waals surface area contributed by atoms with Gasteiger partial charge in [0, 0.05) is 6.20 Å². The summed E-state index contributed by atoms with van der Waals surface area (Å²) in [5.41, 5.74) is 0.919. The van der Waals surface area contributed by atoms with Crippen molar-refractivity contribution in [3.8, 4) is 5.13 Å². The van der Waals surface area contributed by atoms with Crippen LogP contribution in [0.5, 0.6) is 0 Å². The second-order valence-corrected chi connectivity index (χ2v) is 4.44. The number of carbonyl (C=O) groups is 1. The molecule has 0 saturated heterocycles. The third-order valence-electron chi connectivity index (χ3n) is 2.31. The van der Waals surface area contributed by atoms with Crippen molar-refractivity contribution >= 4 is 27.5 Å². The van der Waals surface area contributed by atoms with Crippen LogP contribution in [-0.2, 0) is 0 Å². The summed E-state index contributed by atoms with van der Waals surface area (Å²) in [5.74, 6) is -1.04. The molecule has 6 heteroatoms. The highest BCUT2D eigenvalue weighted by Gasteiger charge is 2.10. The van der Waals surface area contributed by atoms with Gasteiger partial charge in [-0.3, -0.25) is 4.57 Å². The Morgan fingerprint density at radius 2 is 2.18 bits per heavy atom. The van der Waals surface area contributed by atoms with E-state index >= 15 is 0 Å². The number of thiazole rings is 1. The monoisotopic (exact) mass is 245 g/mol. The van der Waals surface area contributed by atoms with Crippen LogP contribution in [0.25, 0.3) is 15.3 Å². The van der Waals surface area contributed by atoms with Crippen LogP contribution in [0, 0.1) is 0 Å². The molecule has 0 aliphatic carbocycles. The van der Waals surface area contributed by atoms with Gasteiger partial charge in [-0.1, -0.05) is 23.5 Å². The molecule has 3 rings (SSSR count). The van der Waals surface area contributed by atoms with Crippen LogP contribution in [0.1, 0.15) is 10.5 Å². The molecule has 1 aromatic carbocycles. The molecule has 5 nitrogen and oxygen atoms in total. The van der Waals surface area contributed by atoms with Gasteiger partial charge in [-0.05, 0) is 12.1 Å². The van der Waals surface area contributed by atoms with Crippen LogP contribution < -0.4 is 0 Å². The molecule has 0 aliphatic rings. The molecule has 0 atom stereocenters. The van der Waals surface area contributed by atoms with Crippen LogP contribution in [-0.4, -0.2) is 25.6 Å². The number of hydrogen-bond acceptors (Lipinski definition) is 4. The summed E-state index contributed by atoms with van der Waals surface area (Å²) in [6.45, 7) is 0. The zero-order chi connectivity index (χ0) is 11.8. The molecule has 0 bridgehead atoms. The average molecular weight is 245 g/mol. The van der Waals surface area contributed by atoms with Gasteiger partial charge in [0.15, 0.2) is 10.8 Å². The van der Waals surface area contributed by atoms with E-state index in [0.29, 0.717) is 5.13 Å². The molecule has 17 heavy (non-hydrogen) atoms. The van der Waals surface area contributed by atoms with E-state index in [0.717, 1.165) is 10.2 Å². The van der Waals surface area contributed by atoms with Crippen molar-refractivity contribution in [1.29, 1.82) is 0 Å². The predicted octanol–water partition coefficient (Wildman–Crippen LogP) is 2.18. The highest BCUT2D eigenvalue weighted by atomic mass is 32.1. The minimum Gasteiger partial charge on any atom is -0.476 e. The minimum absolute atomic E-state index is 0.0178. The van der Waals surface area contributed by atoms with Crippen LogP contribution in [0.4, 0.5) is 0 Å². The van der Waals surface area contributed by atoms with E-state index in [1.165, 1.54) is 23.9 Å². The van der Waals surface area contributed by atoms with Crippen molar-refractivity contribution in [2.45, 2.75) is 0 Å². The number of para-hydroxylation sites is 1. The summed E-state index contributed by atoms with van der Waals surface area (Å²) >= 11 is 1.49. The lowest BCUT2D eigenvalue weighted by Crippen LogP contribution is -1.95. The van der Waals surface area contributed by atoms with Gasteiger partial charge in [0.2, 0.25) is 0 Å². The Balaban J connectivity index is 2.10. The van der Waals surface area contributed by atoms with E-state index in [2.05, 4.69) is 9.97 Å². The van der Waals surface area contributed by atoms with Crippen molar-refractivity contribution in [3.05, 3.63) is 42.5 Å². The van der Waals surface area contributed by atoms with E-state index in [9.17, 15) is 4.79 Å². The van der Waals surface area contributed by atoms with Gasteiger partial charge in [0.25, 0.3) is 0 Å². The van der Waals surface area contributed by atoms with Gasteiger partial charge < -0.3 is 5.11 Å². The third kappa shape index (κ3) is 1.68. The minimum atomic E-state index is -1.04. The smallest absolute Gasteiger partial charge is 0.356 e. The molecule has 3 aromatic rings. The Morgan fingerprint density at radius 1 is 1.35 bits per heavy atom. The predicted molar refractivity (Wildman–Crippen MR) is 63.7 cm³/mol. The summed E-state index contributed by atoms with van der Waals surface area (Å²) < 4.78 is 2.68. The molecular formula is C11H7N3O2S. The number of nitrogens with zero attached hydrogens (tertiary/aromatic N) is 3. The van der Waals surface area contributed by atoms with E-state index in [4.69, 9.17) is 5.11 Å². The quantitative estimate of drug-likeness (QED) is 0.751. The van der Waals surface area contributed by atoms with Crippen LogP contribution >= 0.6 is 11.3 Å². The molecule has 0 amide bonds. The van der Waals surface area contributed by atoms with Gasteiger partial charge in [-0.25, -0.2) is 14.8 Å². The third-order valence-corrected chi connectivity index (χ3v) is 3.35. The van der Waals surface area contributed by atoms with E-state index < -0.39 is 5.97 Å². The molecule has 1 N–H and O–H groups in total. The van der Waals surface area contributed by atoms with Gasteiger partial charge in [-0.2, -0.15) is 0 Å². The first-order valence-corrected chi connectivity index (χ1v) is 5.69. The Hall–Kier alpha value is -2.21. The highest BCUT2D eigenvalue weighted by molar-refractivity contribution is 7.20. The van der Waals surface area contributed by atoms with Crippen molar-refractivity contribution in [2.75, 3.05) is 0 Å². The van der Waals surface area contributed by atoms with Crippen molar-refractivity contribution < 1.29 is 9.90 Å². The second kappa shape index (κ2) is 3.67. The first kappa shape index (κ1) is 9.98. The number of aromatic nitrogens is 3. The fourth-order valence-corrected chi connectivity index (χ4v) is 2.42. The average Bonchev–Trinajstić information content (AvgIpc) is 2.95. The molecule has 0 fully saturated rings. The lowest BCUT2D eigenvalue weighted by molar-refractivity contribution is 0.0691. The van der Waals surface area contributed by atoms with Crippen LogP contribution in [0.2, 0.25) is 0 Å². The molecule has 0 saturated carbocycles. The Labute approximate surface area is 100.0 Å². The number of rotatable bonds is 2. The van der Waals surface area contributed by atoms with Gasteiger partial charge in [-0.15, -0.1) is 0 Å². The molecule has 2 heterocycles. The van der Waals surface area contributed by atoms with Crippen molar-refractivity contribution in [2.24, 2.45) is 0 Å². The number of carboxylic acids is 1. The zero-order valence-corrected chi connectivity index (χ0v) is 9.39. The SMILES string of the molecule is O=C(O)c1cn(-c2nc3ccccc3s2)cn1. The van der Waals surface area contributed by atoms with E-state index in [1.807, 2.05) is 24.3 Å². The summed E-state index contributed by atoms with van der Waals surface area (Å²) in [6.07, 6.45) is 2.92. The van der Waals surface area contributed by atoms with Gasteiger partial charge >= 0.3 is 5.97 Å². The molecular weight excluding hydrogens is 238 g/mol. The molecule has 0 radical (unpaired) electrons. The maximum atomic E-state index is 10.7. The lowest BCUT2D eigenvalue weighted by Gasteiger charge is -1.91. The van der Waals surface area contributed by atoms with E-state index in [-0.39, 0.29) is 5.69 Å². The maximum absolute atomic E-state index is 10.7. The normalized spacial score (nSPS) is 10.8. The summed E-state index contributed by atoms with van der Waals surface area (Å²) in [4.78, 5) is 18.9. The molecule has 0 spiro atoms. The number of fused-ring (bicyclic) bond motifs is 1. The Morgan fingerprint density at radius 3 is 2.88 bits per heavy atom. The van der Waals surface area contributed by atoms with Crippen molar-refractivity contribution in [1.82, 2.24) is 14.5 Å². The fourth-order valence-electron chi connectivity index (χ4n) is 1.51. The number of imidazole rings is 1. The molecule has 84 valence electrons. The number of benzene rings is 1. The topological polar surface area (TPSA) is 68.0 Å². The number of aromatic carboxylic acids is 1. The molecule has 0 aliphatic heterocycles. The number of hydrogen-bond donors (Lipinski definition) is 1. The zero-order valence-electron chi connectivity index (χ0n) is 8.57. The second-order valence-electron chi connectivity index (χ2n) is 3.44. The van der Waals surface area contributed by atoms with Crippen LogP contribution in [0.3, 0.4) is 0 Å². The molecule has 2 aromatic heterocycles.